The smallest absolute Gasteiger partial charge is 0.337 e. The summed E-state index contributed by atoms with van der Waals surface area (Å²) in [6.45, 7) is 6.02. The van der Waals surface area contributed by atoms with E-state index in [0.29, 0.717) is 18.1 Å². The molecule has 0 aliphatic heterocycles. The van der Waals surface area contributed by atoms with Crippen LogP contribution in [0, 0.1) is 0 Å². The number of aromatic carboxylic acids is 1. The molecule has 0 spiro atoms. The van der Waals surface area contributed by atoms with Crippen LogP contribution in [-0.4, -0.2) is 30.7 Å². The second-order valence-corrected chi connectivity index (χ2v) is 5.66. The van der Waals surface area contributed by atoms with Crippen molar-refractivity contribution in [1.29, 1.82) is 0 Å². The van der Waals surface area contributed by atoms with Crippen LogP contribution in [-0.2, 0) is 4.79 Å². The fourth-order valence-electron chi connectivity index (χ4n) is 2.36. The third-order valence-electron chi connectivity index (χ3n) is 3.73. The van der Waals surface area contributed by atoms with Crippen molar-refractivity contribution in [3.05, 3.63) is 30.4 Å². The highest BCUT2D eigenvalue weighted by atomic mass is 16.5. The third kappa shape index (κ3) is 6.87. The lowest BCUT2D eigenvalue weighted by Gasteiger charge is -2.15. The molecule has 0 aromatic heterocycles. The van der Waals surface area contributed by atoms with Gasteiger partial charge in [-0.15, -0.1) is 0 Å². The maximum atomic E-state index is 11.5. The van der Waals surface area contributed by atoms with Gasteiger partial charge in [-0.25, -0.2) is 4.79 Å². The number of hydrogen-bond donors (Lipinski definition) is 2. The van der Waals surface area contributed by atoms with E-state index in [-0.39, 0.29) is 11.3 Å². The number of carboxylic acid groups (broad SMARTS) is 1. The molecule has 0 aliphatic rings. The molecule has 6 heteroatoms. The number of carbonyl (C=O) groups excluding carboxylic acids is 1. The second-order valence-electron chi connectivity index (χ2n) is 5.66. The van der Waals surface area contributed by atoms with Crippen LogP contribution in [0.25, 0.3) is 0 Å². The van der Waals surface area contributed by atoms with Crippen LogP contribution < -0.4 is 14.8 Å². The number of carboxylic acids is 1. The summed E-state index contributed by atoms with van der Waals surface area (Å²) in [5.74, 6) is -0.933. The molecule has 1 amide bonds. The topological polar surface area (TPSA) is 84.9 Å². The van der Waals surface area contributed by atoms with Crippen molar-refractivity contribution in [1.82, 2.24) is 0 Å². The molecule has 6 nitrogen and oxygen atoms in total. The number of benzene rings is 1. The molecule has 138 valence electrons. The molecule has 0 radical (unpaired) electrons. The van der Waals surface area contributed by atoms with Crippen LogP contribution in [0.5, 0.6) is 11.5 Å². The van der Waals surface area contributed by atoms with E-state index >= 15 is 0 Å². The zero-order valence-electron chi connectivity index (χ0n) is 15.0. The van der Waals surface area contributed by atoms with E-state index in [4.69, 9.17) is 9.47 Å². The summed E-state index contributed by atoms with van der Waals surface area (Å²) >= 11 is 0. The van der Waals surface area contributed by atoms with Crippen molar-refractivity contribution in [2.75, 3.05) is 19.0 Å². The normalized spacial score (nSPS) is 10.2. The first kappa shape index (κ1) is 20.5. The minimum Gasteiger partial charge on any atom is -0.493 e. The van der Waals surface area contributed by atoms with Crippen molar-refractivity contribution in [2.24, 2.45) is 0 Å². The van der Waals surface area contributed by atoms with Gasteiger partial charge in [-0.1, -0.05) is 45.6 Å². The number of ether oxygens (including phenoxy) is 2. The Balaban J connectivity index is 2.78. The standard InChI is InChI=1S/C19H27NO5/c1-4-6-7-8-9-10-11-25-17-12-14(19(22)23)15(13-16(17)24-3)20-18(21)5-2/h5,12-13H,2,4,6-11H2,1,3H3,(H,20,21)(H,22,23). The molecule has 0 aliphatic carbocycles. The lowest BCUT2D eigenvalue weighted by molar-refractivity contribution is -0.111. The monoisotopic (exact) mass is 349 g/mol. The van der Waals surface area contributed by atoms with Gasteiger partial charge < -0.3 is 19.9 Å². The molecule has 0 bridgehead atoms. The summed E-state index contributed by atoms with van der Waals surface area (Å²) in [4.78, 5) is 22.9. The molecule has 1 rings (SSSR count). The molecular formula is C19H27NO5. The third-order valence-corrected chi connectivity index (χ3v) is 3.73. The molecule has 0 saturated carbocycles. The first-order valence-corrected chi connectivity index (χ1v) is 8.55. The highest BCUT2D eigenvalue weighted by Crippen LogP contribution is 2.34. The van der Waals surface area contributed by atoms with Crippen molar-refractivity contribution in [3.8, 4) is 11.5 Å². The number of anilines is 1. The molecule has 0 unspecified atom stereocenters. The van der Waals surface area contributed by atoms with E-state index in [0.717, 1.165) is 18.9 Å². The highest BCUT2D eigenvalue weighted by Gasteiger charge is 2.17. The number of methoxy groups -OCH3 is 1. The molecule has 0 fully saturated rings. The van der Waals surface area contributed by atoms with Crippen LogP contribution in [0.3, 0.4) is 0 Å². The molecule has 25 heavy (non-hydrogen) atoms. The first-order chi connectivity index (χ1) is 12.0. The fraction of sp³-hybridized carbons (Fsp3) is 0.474. The Kier molecular flexibility index (Phi) is 9.14. The predicted molar refractivity (Wildman–Crippen MR) is 97.7 cm³/mol. The van der Waals surface area contributed by atoms with Gasteiger partial charge >= 0.3 is 5.97 Å². The number of carbonyl (C=O) groups is 2. The summed E-state index contributed by atoms with van der Waals surface area (Å²) in [5, 5.41) is 11.8. The minimum atomic E-state index is -1.16. The Morgan fingerprint density at radius 1 is 1.16 bits per heavy atom. The number of nitrogens with one attached hydrogen (secondary N) is 1. The average molecular weight is 349 g/mol. The zero-order valence-corrected chi connectivity index (χ0v) is 15.0. The Labute approximate surface area is 148 Å². The molecule has 1 aromatic carbocycles. The molecule has 0 heterocycles. The van der Waals surface area contributed by atoms with E-state index in [1.54, 1.807) is 0 Å². The first-order valence-electron chi connectivity index (χ1n) is 8.55. The maximum Gasteiger partial charge on any atom is 0.337 e. The largest absolute Gasteiger partial charge is 0.493 e. The summed E-state index contributed by atoms with van der Waals surface area (Å²) in [6, 6.07) is 2.82. The Morgan fingerprint density at radius 3 is 2.44 bits per heavy atom. The van der Waals surface area contributed by atoms with Gasteiger partial charge in [-0.05, 0) is 12.5 Å². The lowest BCUT2D eigenvalue weighted by Crippen LogP contribution is -2.12. The van der Waals surface area contributed by atoms with Crippen molar-refractivity contribution < 1.29 is 24.2 Å². The molecule has 2 N–H and O–H groups in total. The van der Waals surface area contributed by atoms with Crippen molar-refractivity contribution >= 4 is 17.6 Å². The predicted octanol–water partition coefficient (Wildman–Crippen LogP) is 4.26. The van der Waals surface area contributed by atoms with Gasteiger partial charge in [0.25, 0.3) is 0 Å². The van der Waals surface area contributed by atoms with E-state index in [2.05, 4.69) is 18.8 Å². The van der Waals surface area contributed by atoms with Gasteiger partial charge in [0, 0.05) is 12.1 Å². The number of unbranched alkanes of at least 4 members (excludes halogenated alkanes) is 5. The van der Waals surface area contributed by atoms with Gasteiger partial charge in [0.2, 0.25) is 5.91 Å². The Hall–Kier alpha value is -2.50. The van der Waals surface area contributed by atoms with Gasteiger partial charge in [0.1, 0.15) is 0 Å². The summed E-state index contributed by atoms with van der Waals surface area (Å²) in [7, 11) is 1.46. The van der Waals surface area contributed by atoms with Crippen LogP contribution in [0.15, 0.2) is 24.8 Å². The van der Waals surface area contributed by atoms with Gasteiger partial charge in [-0.2, -0.15) is 0 Å². The zero-order chi connectivity index (χ0) is 18.7. The lowest BCUT2D eigenvalue weighted by atomic mass is 10.1. The summed E-state index contributed by atoms with van der Waals surface area (Å²) < 4.78 is 10.9. The SMILES string of the molecule is C=CC(=O)Nc1cc(OC)c(OCCCCCCCC)cc1C(=O)O. The van der Waals surface area contributed by atoms with Gasteiger partial charge in [0.05, 0.1) is 25.0 Å². The summed E-state index contributed by atoms with van der Waals surface area (Å²) in [6.07, 6.45) is 7.88. The number of hydrogen-bond acceptors (Lipinski definition) is 4. The minimum absolute atomic E-state index is 0.0612. The van der Waals surface area contributed by atoms with Crippen molar-refractivity contribution in [3.63, 3.8) is 0 Å². The van der Waals surface area contributed by atoms with Gasteiger partial charge in [0.15, 0.2) is 11.5 Å². The molecule has 0 atom stereocenters. The van der Waals surface area contributed by atoms with Crippen LogP contribution in [0.2, 0.25) is 0 Å². The van der Waals surface area contributed by atoms with Crippen LogP contribution in [0.4, 0.5) is 5.69 Å². The van der Waals surface area contributed by atoms with Crippen LogP contribution >= 0.6 is 0 Å². The summed E-state index contributed by atoms with van der Waals surface area (Å²) in [5.41, 5.74) is 0.0788. The molecule has 1 aromatic rings. The highest BCUT2D eigenvalue weighted by molar-refractivity contribution is 6.04. The van der Waals surface area contributed by atoms with Gasteiger partial charge in [-0.3, -0.25) is 4.79 Å². The second kappa shape index (κ2) is 11.1. The van der Waals surface area contributed by atoms with E-state index < -0.39 is 11.9 Å². The Morgan fingerprint density at radius 2 is 1.84 bits per heavy atom. The molecular weight excluding hydrogens is 322 g/mol. The average Bonchev–Trinajstić information content (AvgIpc) is 2.60. The van der Waals surface area contributed by atoms with E-state index in [9.17, 15) is 14.7 Å². The fourth-order valence-corrected chi connectivity index (χ4v) is 2.36. The van der Waals surface area contributed by atoms with E-state index in [1.807, 2.05) is 0 Å². The van der Waals surface area contributed by atoms with E-state index in [1.165, 1.54) is 44.9 Å². The van der Waals surface area contributed by atoms with Crippen molar-refractivity contribution in [2.45, 2.75) is 45.4 Å². The van der Waals surface area contributed by atoms with Crippen LogP contribution in [0.1, 0.15) is 55.8 Å². The number of amides is 1. The maximum absolute atomic E-state index is 11.5. The Bertz CT molecular complexity index is 598. The molecule has 0 saturated heterocycles. The quantitative estimate of drug-likeness (QED) is 0.435. The number of rotatable bonds is 12.